The van der Waals surface area contributed by atoms with Crippen LogP contribution in [0.3, 0.4) is 0 Å². The van der Waals surface area contributed by atoms with Gasteiger partial charge in [0.1, 0.15) is 5.82 Å². The Hall–Kier alpha value is -1.39. The average molecular weight is 279 g/mol. The average Bonchev–Trinajstić information content (AvgIpc) is 2.39. The van der Waals surface area contributed by atoms with Crippen LogP contribution < -0.4 is 5.56 Å². The predicted octanol–water partition coefficient (Wildman–Crippen LogP) is 2.49. The van der Waals surface area contributed by atoms with Crippen molar-refractivity contribution < 1.29 is 4.74 Å². The Morgan fingerprint density at radius 2 is 2.16 bits per heavy atom. The molecule has 0 saturated heterocycles. The summed E-state index contributed by atoms with van der Waals surface area (Å²) in [5.74, 6) is 0.888. The van der Waals surface area contributed by atoms with Gasteiger partial charge in [-0.05, 0) is 25.0 Å². The molecule has 0 radical (unpaired) electrons. The third-order valence-electron chi connectivity index (χ3n) is 3.77. The lowest BCUT2D eigenvalue weighted by Gasteiger charge is -2.36. The molecular weight excluding hydrogens is 264 g/mol. The van der Waals surface area contributed by atoms with Gasteiger partial charge in [0, 0.05) is 13.2 Å². The quantitative estimate of drug-likeness (QED) is 0.810. The molecule has 0 spiro atoms. The van der Waals surface area contributed by atoms with Gasteiger partial charge >= 0.3 is 0 Å². The minimum Gasteiger partial charge on any atom is -0.381 e. The van der Waals surface area contributed by atoms with Crippen molar-refractivity contribution in [3.8, 4) is 0 Å². The molecule has 0 unspecified atom stereocenters. The van der Waals surface area contributed by atoms with Gasteiger partial charge in [0.2, 0.25) is 0 Å². The molecule has 0 N–H and O–H groups in total. The van der Waals surface area contributed by atoms with Crippen molar-refractivity contribution in [3.05, 3.63) is 40.4 Å². The van der Waals surface area contributed by atoms with Gasteiger partial charge in [-0.15, -0.1) is 11.6 Å². The first kappa shape index (κ1) is 12.6. The van der Waals surface area contributed by atoms with Crippen molar-refractivity contribution in [2.45, 2.75) is 30.9 Å². The van der Waals surface area contributed by atoms with E-state index in [0.29, 0.717) is 16.7 Å². The number of hydrogen-bond acceptors (Lipinski definition) is 3. The molecule has 1 aliphatic carbocycles. The van der Waals surface area contributed by atoms with Crippen LogP contribution in [0.4, 0.5) is 0 Å². The second kappa shape index (κ2) is 4.94. The Morgan fingerprint density at radius 3 is 2.84 bits per heavy atom. The number of fused-ring (bicyclic) bond motifs is 1. The Bertz CT molecular complexity index is 662. The summed E-state index contributed by atoms with van der Waals surface area (Å²) in [6, 6.07) is 7.54. The number of alkyl halides is 1. The van der Waals surface area contributed by atoms with Crippen LogP contribution in [-0.2, 0) is 10.6 Å². The molecule has 1 saturated carbocycles. The molecule has 0 atom stereocenters. The van der Waals surface area contributed by atoms with Gasteiger partial charge in [-0.2, -0.15) is 0 Å². The fourth-order valence-electron chi connectivity index (χ4n) is 2.60. The SMILES string of the molecule is COC1CC(n2c(CCl)nc3ccccc3c2=O)C1. The molecule has 2 aromatic rings. The summed E-state index contributed by atoms with van der Waals surface area (Å²) >= 11 is 5.95. The highest BCUT2D eigenvalue weighted by atomic mass is 35.5. The van der Waals surface area contributed by atoms with Crippen LogP contribution >= 0.6 is 11.6 Å². The molecule has 0 amide bonds. The Morgan fingerprint density at radius 1 is 1.42 bits per heavy atom. The number of benzene rings is 1. The zero-order valence-electron chi connectivity index (χ0n) is 10.7. The summed E-state index contributed by atoms with van der Waals surface area (Å²) in [6.07, 6.45) is 1.94. The first-order valence-corrected chi connectivity index (χ1v) is 6.87. The van der Waals surface area contributed by atoms with Crippen LogP contribution in [0.1, 0.15) is 24.7 Å². The second-order valence-corrected chi connectivity index (χ2v) is 5.10. The monoisotopic (exact) mass is 278 g/mol. The summed E-state index contributed by atoms with van der Waals surface area (Å²) in [5.41, 5.74) is 0.711. The van der Waals surface area contributed by atoms with E-state index >= 15 is 0 Å². The molecule has 1 aromatic carbocycles. The highest BCUT2D eigenvalue weighted by Gasteiger charge is 2.32. The van der Waals surface area contributed by atoms with E-state index in [1.165, 1.54) is 0 Å². The van der Waals surface area contributed by atoms with Crippen molar-refractivity contribution in [2.24, 2.45) is 0 Å². The maximum absolute atomic E-state index is 12.6. The Labute approximate surface area is 116 Å². The van der Waals surface area contributed by atoms with Gasteiger partial charge in [-0.25, -0.2) is 4.98 Å². The number of hydrogen-bond donors (Lipinski definition) is 0. The van der Waals surface area contributed by atoms with E-state index in [1.807, 2.05) is 24.3 Å². The number of halogens is 1. The maximum atomic E-state index is 12.6. The molecule has 19 heavy (non-hydrogen) atoms. The molecule has 1 aliphatic rings. The molecule has 1 heterocycles. The molecule has 100 valence electrons. The van der Waals surface area contributed by atoms with Crippen LogP contribution in [0.2, 0.25) is 0 Å². The number of ether oxygens (including phenoxy) is 1. The molecule has 5 heteroatoms. The first-order valence-electron chi connectivity index (χ1n) is 6.33. The van der Waals surface area contributed by atoms with Crippen LogP contribution in [-0.4, -0.2) is 22.8 Å². The Balaban J connectivity index is 2.12. The summed E-state index contributed by atoms with van der Waals surface area (Å²) in [4.78, 5) is 17.1. The lowest BCUT2D eigenvalue weighted by Crippen LogP contribution is -2.39. The molecule has 4 nitrogen and oxygen atoms in total. The van der Waals surface area contributed by atoms with Crippen LogP contribution in [0.25, 0.3) is 10.9 Å². The van der Waals surface area contributed by atoms with Crippen LogP contribution in [0.5, 0.6) is 0 Å². The van der Waals surface area contributed by atoms with Crippen molar-refractivity contribution in [2.75, 3.05) is 7.11 Å². The van der Waals surface area contributed by atoms with E-state index < -0.39 is 0 Å². The number of methoxy groups -OCH3 is 1. The minimum absolute atomic E-state index is 0.000744. The highest BCUT2D eigenvalue weighted by Crippen LogP contribution is 2.34. The van der Waals surface area contributed by atoms with Crippen molar-refractivity contribution in [1.82, 2.24) is 9.55 Å². The van der Waals surface area contributed by atoms with E-state index in [0.717, 1.165) is 12.8 Å². The molecular formula is C14H15ClN2O2. The summed E-state index contributed by atoms with van der Waals surface area (Å²) in [7, 11) is 1.70. The van der Waals surface area contributed by atoms with Gasteiger partial charge in [0.05, 0.1) is 22.9 Å². The molecule has 1 fully saturated rings. The van der Waals surface area contributed by atoms with Gasteiger partial charge in [-0.1, -0.05) is 12.1 Å². The number of rotatable bonds is 3. The van der Waals surface area contributed by atoms with Crippen molar-refractivity contribution in [1.29, 1.82) is 0 Å². The first-order chi connectivity index (χ1) is 9.24. The standard InChI is InChI=1S/C14H15ClN2O2/c1-19-10-6-9(7-10)17-13(8-15)16-12-5-3-2-4-11(12)14(17)18/h2-5,9-10H,6-8H2,1H3. The van der Waals surface area contributed by atoms with Gasteiger partial charge in [0.15, 0.2) is 0 Å². The zero-order valence-corrected chi connectivity index (χ0v) is 11.4. The Kier molecular flexibility index (Phi) is 3.29. The number of nitrogens with zero attached hydrogens (tertiary/aromatic N) is 2. The third-order valence-corrected chi connectivity index (χ3v) is 4.01. The van der Waals surface area contributed by atoms with E-state index in [4.69, 9.17) is 16.3 Å². The van der Waals surface area contributed by atoms with E-state index in [2.05, 4.69) is 4.98 Å². The second-order valence-electron chi connectivity index (χ2n) is 4.84. The lowest BCUT2D eigenvalue weighted by atomic mass is 9.88. The summed E-state index contributed by atoms with van der Waals surface area (Å²) in [5, 5.41) is 0.650. The molecule has 0 aliphatic heterocycles. The van der Waals surface area contributed by atoms with Crippen LogP contribution in [0, 0.1) is 0 Å². The fraction of sp³-hybridized carbons (Fsp3) is 0.429. The van der Waals surface area contributed by atoms with E-state index in [1.54, 1.807) is 11.7 Å². The van der Waals surface area contributed by atoms with E-state index in [9.17, 15) is 4.79 Å². The predicted molar refractivity (Wildman–Crippen MR) is 74.6 cm³/mol. The molecule has 0 bridgehead atoms. The smallest absolute Gasteiger partial charge is 0.261 e. The summed E-state index contributed by atoms with van der Waals surface area (Å²) in [6.45, 7) is 0. The number of para-hydroxylation sites is 1. The van der Waals surface area contributed by atoms with Gasteiger partial charge < -0.3 is 4.74 Å². The fourth-order valence-corrected chi connectivity index (χ4v) is 2.79. The van der Waals surface area contributed by atoms with Gasteiger partial charge in [0.25, 0.3) is 5.56 Å². The molecule has 1 aromatic heterocycles. The maximum Gasteiger partial charge on any atom is 0.261 e. The van der Waals surface area contributed by atoms with Crippen LogP contribution in [0.15, 0.2) is 29.1 Å². The highest BCUT2D eigenvalue weighted by molar-refractivity contribution is 6.16. The van der Waals surface area contributed by atoms with Gasteiger partial charge in [-0.3, -0.25) is 9.36 Å². The minimum atomic E-state index is 0.000744. The summed E-state index contributed by atoms with van der Waals surface area (Å²) < 4.78 is 7.01. The zero-order chi connectivity index (χ0) is 13.4. The number of aromatic nitrogens is 2. The van der Waals surface area contributed by atoms with Crippen molar-refractivity contribution >= 4 is 22.5 Å². The topological polar surface area (TPSA) is 44.1 Å². The lowest BCUT2D eigenvalue weighted by molar-refractivity contribution is 0.00434. The largest absolute Gasteiger partial charge is 0.381 e. The normalized spacial score (nSPS) is 22.4. The molecule has 3 rings (SSSR count). The van der Waals surface area contributed by atoms with E-state index in [-0.39, 0.29) is 23.6 Å². The van der Waals surface area contributed by atoms with Crippen molar-refractivity contribution in [3.63, 3.8) is 0 Å². The third kappa shape index (κ3) is 2.05.